The normalized spacial score (nSPS) is 10.8. The molecule has 0 saturated carbocycles. The van der Waals surface area contributed by atoms with E-state index in [2.05, 4.69) is 22.4 Å². The number of para-hydroxylation sites is 1. The molecule has 0 unspecified atom stereocenters. The topological polar surface area (TPSA) is 65.1 Å². The highest BCUT2D eigenvalue weighted by molar-refractivity contribution is 5.83. The predicted molar refractivity (Wildman–Crippen MR) is 80.6 cm³/mol. The van der Waals surface area contributed by atoms with Crippen molar-refractivity contribution < 1.29 is 9.90 Å². The summed E-state index contributed by atoms with van der Waals surface area (Å²) in [5.74, 6) is 0.0998. The largest absolute Gasteiger partial charge is 0.396 e. The average molecular weight is 274 g/mol. The van der Waals surface area contributed by atoms with Gasteiger partial charge in [0.2, 0.25) is 5.91 Å². The average Bonchev–Trinajstić information content (AvgIpc) is 2.87. The number of aromatic nitrogens is 1. The molecule has 2 rings (SSSR count). The van der Waals surface area contributed by atoms with Gasteiger partial charge in [0, 0.05) is 36.7 Å². The molecule has 20 heavy (non-hydrogen) atoms. The molecule has 0 aliphatic carbocycles. The number of rotatable bonds is 8. The first-order valence-corrected chi connectivity index (χ1v) is 7.24. The standard InChI is InChI=1S/C16H22N2O2/c19-11-4-3-10-17-16(20)9-5-6-13-12-18-15-8-2-1-7-14(13)15/h1-2,7-8,12,18-19H,3-6,9-11H2,(H,17,20). The Balaban J connectivity index is 1.71. The summed E-state index contributed by atoms with van der Waals surface area (Å²) < 4.78 is 0. The minimum absolute atomic E-state index is 0.0998. The van der Waals surface area contributed by atoms with Crippen LogP contribution in [0.5, 0.6) is 0 Å². The van der Waals surface area contributed by atoms with E-state index in [1.807, 2.05) is 18.3 Å². The molecule has 3 N–H and O–H groups in total. The fourth-order valence-electron chi connectivity index (χ4n) is 2.33. The van der Waals surface area contributed by atoms with Crippen molar-refractivity contribution in [2.75, 3.05) is 13.2 Å². The Kier molecular flexibility index (Phi) is 5.62. The van der Waals surface area contributed by atoms with Crippen molar-refractivity contribution in [3.63, 3.8) is 0 Å². The second kappa shape index (κ2) is 7.70. The molecule has 0 bridgehead atoms. The van der Waals surface area contributed by atoms with Crippen LogP contribution in [-0.2, 0) is 11.2 Å². The van der Waals surface area contributed by atoms with E-state index >= 15 is 0 Å². The third-order valence-electron chi connectivity index (χ3n) is 3.43. The number of fused-ring (bicyclic) bond motifs is 1. The monoisotopic (exact) mass is 274 g/mol. The second-order valence-corrected chi connectivity index (χ2v) is 4.99. The maximum absolute atomic E-state index is 11.6. The molecule has 108 valence electrons. The highest BCUT2D eigenvalue weighted by Crippen LogP contribution is 2.19. The molecule has 0 aliphatic rings. The second-order valence-electron chi connectivity index (χ2n) is 4.99. The first-order chi connectivity index (χ1) is 9.81. The summed E-state index contributed by atoms with van der Waals surface area (Å²) in [6.07, 6.45) is 5.94. The van der Waals surface area contributed by atoms with E-state index < -0.39 is 0 Å². The lowest BCUT2D eigenvalue weighted by molar-refractivity contribution is -0.121. The van der Waals surface area contributed by atoms with Gasteiger partial charge < -0.3 is 15.4 Å². The number of hydrogen-bond acceptors (Lipinski definition) is 2. The Morgan fingerprint density at radius 1 is 1.20 bits per heavy atom. The third-order valence-corrected chi connectivity index (χ3v) is 3.43. The van der Waals surface area contributed by atoms with Crippen LogP contribution in [0.2, 0.25) is 0 Å². The minimum atomic E-state index is 0.0998. The number of hydrogen-bond donors (Lipinski definition) is 3. The van der Waals surface area contributed by atoms with Crippen molar-refractivity contribution in [1.82, 2.24) is 10.3 Å². The summed E-state index contributed by atoms with van der Waals surface area (Å²) in [7, 11) is 0. The van der Waals surface area contributed by atoms with Crippen LogP contribution in [0.25, 0.3) is 10.9 Å². The number of aryl methyl sites for hydroxylation is 1. The smallest absolute Gasteiger partial charge is 0.220 e. The number of nitrogens with one attached hydrogen (secondary N) is 2. The van der Waals surface area contributed by atoms with E-state index in [0.29, 0.717) is 13.0 Å². The van der Waals surface area contributed by atoms with Crippen molar-refractivity contribution in [3.05, 3.63) is 36.0 Å². The highest BCUT2D eigenvalue weighted by Gasteiger charge is 2.05. The Morgan fingerprint density at radius 2 is 2.05 bits per heavy atom. The molecule has 1 aromatic heterocycles. The lowest BCUT2D eigenvalue weighted by atomic mass is 10.1. The highest BCUT2D eigenvalue weighted by atomic mass is 16.2. The molecular weight excluding hydrogens is 252 g/mol. The number of benzene rings is 1. The number of carbonyl (C=O) groups is 1. The lowest BCUT2D eigenvalue weighted by Gasteiger charge is -2.04. The Bertz CT molecular complexity index is 548. The molecule has 0 aliphatic heterocycles. The van der Waals surface area contributed by atoms with Crippen LogP contribution in [0.1, 0.15) is 31.2 Å². The van der Waals surface area contributed by atoms with Gasteiger partial charge in [-0.25, -0.2) is 0 Å². The summed E-state index contributed by atoms with van der Waals surface area (Å²) >= 11 is 0. The molecule has 0 radical (unpaired) electrons. The fourth-order valence-corrected chi connectivity index (χ4v) is 2.33. The van der Waals surface area contributed by atoms with Crippen molar-refractivity contribution >= 4 is 16.8 Å². The van der Waals surface area contributed by atoms with Crippen molar-refractivity contribution in [1.29, 1.82) is 0 Å². The molecule has 1 heterocycles. The molecule has 0 atom stereocenters. The van der Waals surface area contributed by atoms with Crippen LogP contribution in [0.3, 0.4) is 0 Å². The molecule has 4 nitrogen and oxygen atoms in total. The number of aromatic amines is 1. The van der Waals surface area contributed by atoms with Crippen molar-refractivity contribution in [2.45, 2.75) is 32.1 Å². The summed E-state index contributed by atoms with van der Waals surface area (Å²) in [5, 5.41) is 12.8. The van der Waals surface area contributed by atoms with Crippen LogP contribution >= 0.6 is 0 Å². The van der Waals surface area contributed by atoms with E-state index in [-0.39, 0.29) is 12.5 Å². The molecule has 0 fully saturated rings. The van der Waals surface area contributed by atoms with Gasteiger partial charge in [-0.2, -0.15) is 0 Å². The number of unbranched alkanes of at least 4 members (excludes halogenated alkanes) is 1. The van der Waals surface area contributed by atoms with E-state index in [1.54, 1.807) is 0 Å². The molecule has 1 amide bonds. The zero-order chi connectivity index (χ0) is 14.2. The van der Waals surface area contributed by atoms with Gasteiger partial charge in [-0.3, -0.25) is 4.79 Å². The van der Waals surface area contributed by atoms with Gasteiger partial charge in [0.25, 0.3) is 0 Å². The molecule has 2 aromatic rings. The maximum atomic E-state index is 11.6. The first-order valence-electron chi connectivity index (χ1n) is 7.24. The van der Waals surface area contributed by atoms with Gasteiger partial charge in [-0.05, 0) is 37.3 Å². The van der Waals surface area contributed by atoms with Crippen LogP contribution in [0.15, 0.2) is 30.5 Å². The summed E-state index contributed by atoms with van der Waals surface area (Å²) in [4.78, 5) is 14.9. The van der Waals surface area contributed by atoms with Crippen molar-refractivity contribution in [2.24, 2.45) is 0 Å². The van der Waals surface area contributed by atoms with Crippen LogP contribution in [0.4, 0.5) is 0 Å². The quantitative estimate of drug-likeness (QED) is 0.647. The number of aliphatic hydroxyl groups excluding tert-OH is 1. The lowest BCUT2D eigenvalue weighted by Crippen LogP contribution is -2.24. The number of amides is 1. The molecular formula is C16H22N2O2. The van der Waals surface area contributed by atoms with Crippen LogP contribution < -0.4 is 5.32 Å². The SMILES string of the molecule is O=C(CCCc1c[nH]c2ccccc12)NCCCCO. The van der Waals surface area contributed by atoms with E-state index in [0.717, 1.165) is 31.2 Å². The third kappa shape index (κ3) is 4.10. The first kappa shape index (κ1) is 14.6. The van der Waals surface area contributed by atoms with Gasteiger partial charge in [-0.15, -0.1) is 0 Å². The van der Waals surface area contributed by atoms with Gasteiger partial charge >= 0.3 is 0 Å². The Hall–Kier alpha value is -1.81. The Morgan fingerprint density at radius 3 is 2.90 bits per heavy atom. The number of H-pyrrole nitrogens is 1. The zero-order valence-corrected chi connectivity index (χ0v) is 11.7. The summed E-state index contributed by atoms with van der Waals surface area (Å²) in [6, 6.07) is 8.22. The van der Waals surface area contributed by atoms with Gasteiger partial charge in [0.05, 0.1) is 0 Å². The Labute approximate surface area is 119 Å². The number of carbonyl (C=O) groups excluding carboxylic acids is 1. The predicted octanol–water partition coefficient (Wildman–Crippen LogP) is 2.38. The fraction of sp³-hybridized carbons (Fsp3) is 0.438. The van der Waals surface area contributed by atoms with Crippen LogP contribution in [-0.4, -0.2) is 29.1 Å². The van der Waals surface area contributed by atoms with E-state index in [9.17, 15) is 4.79 Å². The minimum Gasteiger partial charge on any atom is -0.396 e. The summed E-state index contributed by atoms with van der Waals surface area (Å²) in [6.45, 7) is 0.850. The molecule has 4 heteroatoms. The van der Waals surface area contributed by atoms with E-state index in [4.69, 9.17) is 5.11 Å². The molecule has 0 saturated heterocycles. The van der Waals surface area contributed by atoms with Gasteiger partial charge in [0.1, 0.15) is 0 Å². The van der Waals surface area contributed by atoms with E-state index in [1.165, 1.54) is 10.9 Å². The number of aliphatic hydroxyl groups is 1. The van der Waals surface area contributed by atoms with Crippen molar-refractivity contribution in [3.8, 4) is 0 Å². The van der Waals surface area contributed by atoms with Crippen LogP contribution in [0, 0.1) is 0 Å². The molecule has 0 spiro atoms. The molecule has 1 aromatic carbocycles. The summed E-state index contributed by atoms with van der Waals surface area (Å²) in [5.41, 5.74) is 2.42. The van der Waals surface area contributed by atoms with Gasteiger partial charge in [-0.1, -0.05) is 18.2 Å². The zero-order valence-electron chi connectivity index (χ0n) is 11.7. The van der Waals surface area contributed by atoms with Gasteiger partial charge in [0.15, 0.2) is 0 Å². The maximum Gasteiger partial charge on any atom is 0.220 e.